The third kappa shape index (κ3) is 3.07. The van der Waals surface area contributed by atoms with Gasteiger partial charge in [0.1, 0.15) is 0 Å². The summed E-state index contributed by atoms with van der Waals surface area (Å²) in [5.74, 6) is 0.655. The molecule has 1 saturated carbocycles. The number of anilines is 1. The van der Waals surface area contributed by atoms with Crippen LogP contribution in [0.5, 0.6) is 0 Å². The summed E-state index contributed by atoms with van der Waals surface area (Å²) in [7, 11) is 5.81. The Balaban J connectivity index is 2.16. The van der Waals surface area contributed by atoms with Gasteiger partial charge in [-0.25, -0.2) is 0 Å². The average Bonchev–Trinajstić information content (AvgIpc) is 3.23. The number of nitrogens with zero attached hydrogens (tertiary/aromatic N) is 2. The van der Waals surface area contributed by atoms with Gasteiger partial charge >= 0.3 is 0 Å². The van der Waals surface area contributed by atoms with Gasteiger partial charge in [-0.05, 0) is 37.0 Å². The highest BCUT2D eigenvalue weighted by Crippen LogP contribution is 2.35. The second kappa shape index (κ2) is 5.61. The first-order chi connectivity index (χ1) is 9.04. The molecule has 1 unspecified atom stereocenters. The lowest BCUT2D eigenvalue weighted by Gasteiger charge is -2.27. The zero-order valence-electron chi connectivity index (χ0n) is 12.0. The number of amides is 1. The van der Waals surface area contributed by atoms with Crippen LogP contribution in [-0.2, 0) is 0 Å². The Bertz CT molecular complexity index is 454. The smallest absolute Gasteiger partial charge is 0.253 e. The molecule has 0 heterocycles. The first-order valence-corrected chi connectivity index (χ1v) is 6.79. The Labute approximate surface area is 115 Å². The first kappa shape index (κ1) is 13.9. The van der Waals surface area contributed by atoms with Crippen molar-refractivity contribution in [1.82, 2.24) is 4.90 Å². The van der Waals surface area contributed by atoms with Crippen LogP contribution in [0.2, 0.25) is 0 Å². The van der Waals surface area contributed by atoms with E-state index in [9.17, 15) is 4.79 Å². The van der Waals surface area contributed by atoms with Crippen molar-refractivity contribution in [3.63, 3.8) is 0 Å². The van der Waals surface area contributed by atoms with E-state index >= 15 is 0 Å². The summed E-state index contributed by atoms with van der Waals surface area (Å²) in [6.45, 7) is 0.542. The summed E-state index contributed by atoms with van der Waals surface area (Å²) in [6.07, 6.45) is 2.38. The van der Waals surface area contributed by atoms with E-state index in [4.69, 9.17) is 5.73 Å². The Morgan fingerprint density at radius 3 is 2.58 bits per heavy atom. The summed E-state index contributed by atoms with van der Waals surface area (Å²) in [5, 5.41) is 0. The van der Waals surface area contributed by atoms with Gasteiger partial charge < -0.3 is 15.5 Å². The van der Waals surface area contributed by atoms with Gasteiger partial charge in [0.15, 0.2) is 0 Å². The fourth-order valence-corrected chi connectivity index (χ4v) is 2.42. The van der Waals surface area contributed by atoms with Crippen LogP contribution < -0.4 is 10.6 Å². The number of carbonyl (C=O) groups is 1. The highest BCUT2D eigenvalue weighted by atomic mass is 16.2. The van der Waals surface area contributed by atoms with E-state index in [2.05, 4.69) is 0 Å². The van der Waals surface area contributed by atoms with Crippen molar-refractivity contribution in [2.45, 2.75) is 18.9 Å². The van der Waals surface area contributed by atoms with Crippen LogP contribution in [-0.4, -0.2) is 44.5 Å². The van der Waals surface area contributed by atoms with Crippen LogP contribution >= 0.6 is 0 Å². The summed E-state index contributed by atoms with van der Waals surface area (Å²) in [6, 6.07) is 7.89. The molecule has 1 aliphatic rings. The van der Waals surface area contributed by atoms with Crippen molar-refractivity contribution in [3.8, 4) is 0 Å². The minimum atomic E-state index is 0.0612. The topological polar surface area (TPSA) is 49.6 Å². The SMILES string of the molecule is CN(C)c1cccc(C(=O)N(C)C(CN)C2CC2)c1. The van der Waals surface area contributed by atoms with E-state index in [-0.39, 0.29) is 11.9 Å². The molecule has 1 amide bonds. The van der Waals surface area contributed by atoms with Crippen molar-refractivity contribution in [3.05, 3.63) is 29.8 Å². The minimum Gasteiger partial charge on any atom is -0.378 e. The van der Waals surface area contributed by atoms with Crippen molar-refractivity contribution in [2.75, 3.05) is 32.6 Å². The number of carbonyl (C=O) groups excluding carboxylic acids is 1. The standard InChI is InChI=1S/C15H23N3O/c1-17(2)13-6-4-5-12(9-13)15(19)18(3)14(10-16)11-7-8-11/h4-6,9,11,14H,7-8,10,16H2,1-3H3. The van der Waals surface area contributed by atoms with Gasteiger partial charge in [-0.3, -0.25) is 4.79 Å². The highest BCUT2D eigenvalue weighted by molar-refractivity contribution is 5.95. The molecule has 0 saturated heterocycles. The van der Waals surface area contributed by atoms with Gasteiger partial charge in [-0.15, -0.1) is 0 Å². The molecule has 0 spiro atoms. The lowest BCUT2D eigenvalue weighted by Crippen LogP contribution is -2.43. The quantitative estimate of drug-likeness (QED) is 0.875. The molecule has 1 fully saturated rings. The largest absolute Gasteiger partial charge is 0.378 e. The normalized spacial score (nSPS) is 16.0. The van der Waals surface area contributed by atoms with Gasteiger partial charge in [0.05, 0.1) is 0 Å². The fraction of sp³-hybridized carbons (Fsp3) is 0.533. The van der Waals surface area contributed by atoms with Crippen molar-refractivity contribution in [1.29, 1.82) is 0 Å². The summed E-state index contributed by atoms with van der Waals surface area (Å²) < 4.78 is 0. The van der Waals surface area contributed by atoms with Crippen molar-refractivity contribution < 1.29 is 4.79 Å². The molecule has 1 atom stereocenters. The Hall–Kier alpha value is -1.55. The summed E-state index contributed by atoms with van der Waals surface area (Å²) >= 11 is 0. The molecule has 1 aromatic carbocycles. The average molecular weight is 261 g/mol. The van der Waals surface area contributed by atoms with Crippen LogP contribution in [0.3, 0.4) is 0 Å². The molecule has 2 N–H and O–H groups in total. The first-order valence-electron chi connectivity index (χ1n) is 6.79. The van der Waals surface area contributed by atoms with E-state index in [0.717, 1.165) is 11.3 Å². The molecule has 4 heteroatoms. The fourth-order valence-electron chi connectivity index (χ4n) is 2.42. The second-order valence-corrected chi connectivity index (χ2v) is 5.50. The predicted octanol–water partition coefficient (Wildman–Crippen LogP) is 1.56. The van der Waals surface area contributed by atoms with Crippen molar-refractivity contribution >= 4 is 11.6 Å². The Kier molecular flexibility index (Phi) is 4.10. The molecule has 0 aliphatic heterocycles. The Morgan fingerprint density at radius 1 is 1.37 bits per heavy atom. The van der Waals surface area contributed by atoms with Gasteiger partial charge in [0.2, 0.25) is 0 Å². The van der Waals surface area contributed by atoms with Crippen LogP contribution in [0, 0.1) is 5.92 Å². The van der Waals surface area contributed by atoms with Crippen LogP contribution in [0.4, 0.5) is 5.69 Å². The summed E-state index contributed by atoms with van der Waals surface area (Å²) in [4.78, 5) is 16.3. The lowest BCUT2D eigenvalue weighted by molar-refractivity contribution is 0.0718. The van der Waals surface area contributed by atoms with E-state index in [0.29, 0.717) is 12.5 Å². The highest BCUT2D eigenvalue weighted by Gasteiger charge is 2.35. The zero-order valence-corrected chi connectivity index (χ0v) is 12.0. The molecular weight excluding hydrogens is 238 g/mol. The lowest BCUT2D eigenvalue weighted by atomic mass is 10.1. The van der Waals surface area contributed by atoms with Gasteiger partial charge in [-0.2, -0.15) is 0 Å². The molecule has 0 radical (unpaired) electrons. The molecule has 1 aliphatic carbocycles. The van der Waals surface area contributed by atoms with Gasteiger partial charge in [0, 0.05) is 45.0 Å². The second-order valence-electron chi connectivity index (χ2n) is 5.50. The van der Waals surface area contributed by atoms with E-state index in [1.807, 2.05) is 55.2 Å². The molecular formula is C15H23N3O. The van der Waals surface area contributed by atoms with E-state index in [1.165, 1.54) is 12.8 Å². The molecule has 0 bridgehead atoms. The number of hydrogen-bond acceptors (Lipinski definition) is 3. The number of benzene rings is 1. The molecule has 2 rings (SSSR count). The molecule has 1 aromatic rings. The van der Waals surface area contributed by atoms with Crippen molar-refractivity contribution in [2.24, 2.45) is 11.7 Å². The zero-order chi connectivity index (χ0) is 14.0. The third-order valence-corrected chi connectivity index (χ3v) is 3.83. The number of hydrogen-bond donors (Lipinski definition) is 1. The van der Waals surface area contributed by atoms with Gasteiger partial charge in [0.25, 0.3) is 5.91 Å². The maximum absolute atomic E-state index is 12.5. The molecule has 0 aromatic heterocycles. The molecule has 104 valence electrons. The van der Waals surface area contributed by atoms with Crippen LogP contribution in [0.1, 0.15) is 23.2 Å². The minimum absolute atomic E-state index is 0.0612. The van der Waals surface area contributed by atoms with Crippen LogP contribution in [0.15, 0.2) is 24.3 Å². The van der Waals surface area contributed by atoms with E-state index in [1.54, 1.807) is 0 Å². The van der Waals surface area contributed by atoms with Crippen LogP contribution in [0.25, 0.3) is 0 Å². The third-order valence-electron chi connectivity index (χ3n) is 3.83. The molecule has 19 heavy (non-hydrogen) atoms. The number of nitrogens with two attached hydrogens (primary N) is 1. The predicted molar refractivity (Wildman–Crippen MR) is 78.4 cm³/mol. The van der Waals surface area contributed by atoms with Gasteiger partial charge in [-0.1, -0.05) is 6.07 Å². The summed E-state index contributed by atoms with van der Waals surface area (Å²) in [5.41, 5.74) is 7.57. The number of likely N-dealkylation sites (N-methyl/N-ethyl adjacent to an activating group) is 1. The Morgan fingerprint density at radius 2 is 2.05 bits per heavy atom. The maximum Gasteiger partial charge on any atom is 0.253 e. The monoisotopic (exact) mass is 261 g/mol. The van der Waals surface area contributed by atoms with E-state index < -0.39 is 0 Å². The molecule has 4 nitrogen and oxygen atoms in total. The number of rotatable bonds is 5. The maximum atomic E-state index is 12.5.